The molecule has 16 unspecified atom stereocenters. The van der Waals surface area contributed by atoms with Crippen LogP contribution in [0.3, 0.4) is 0 Å². The Morgan fingerprint density at radius 1 is 0.372 bits per heavy atom. The average molecular weight is 683 g/mol. The molecule has 43 heavy (non-hydrogen) atoms. The molecule has 5 saturated heterocycles. The van der Waals surface area contributed by atoms with Crippen molar-refractivity contribution >= 4 is 0 Å². The van der Waals surface area contributed by atoms with Crippen LogP contribution in [0, 0.1) is 53.8 Å². The van der Waals surface area contributed by atoms with Crippen LogP contribution in [0.1, 0.15) is 96.3 Å². The van der Waals surface area contributed by atoms with Crippen molar-refractivity contribution in [2.45, 2.75) is 146 Å². The summed E-state index contributed by atoms with van der Waals surface area (Å²) in [5.74, 6) is 5.74. The predicted octanol–water partition coefficient (Wildman–Crippen LogP) is 2.30. The standard InChI is InChI=1S/C32H55N8.Co.Fe.O/c1-2-10-18-17(9-1)25-33-26(18)38-28-21-13-5-6-14-22(21)30(35-28)40-32-24-16-8-7-15-23(24)31(36-32)39-29-20-12-4-3-11-19(20)27(34-29)37-25;;;/h9,17-40H,1-8,10-16H2;;;/q-1;;+1;. The summed E-state index contributed by atoms with van der Waals surface area (Å²) in [4.78, 5) is 0. The third-order valence-corrected chi connectivity index (χ3v) is 13.6. The quantitative estimate of drug-likeness (QED) is 0.144. The molecule has 0 aromatic carbocycles. The van der Waals surface area contributed by atoms with Crippen molar-refractivity contribution in [3.63, 3.8) is 0 Å². The first-order valence-electron chi connectivity index (χ1n) is 17.9. The van der Waals surface area contributed by atoms with Crippen LogP contribution in [-0.2, 0) is 36.6 Å². The fourth-order valence-electron chi connectivity index (χ4n) is 11.7. The first kappa shape index (κ1) is 32.1. The molecular weight excluding hydrogens is 627 g/mol. The molecule has 4 saturated carbocycles. The van der Waals surface area contributed by atoms with Crippen LogP contribution in [0.15, 0.2) is 0 Å². The van der Waals surface area contributed by atoms with E-state index in [0.29, 0.717) is 61.2 Å². The molecule has 4 aliphatic carbocycles. The molecule has 11 heteroatoms. The maximum atomic E-state index is 8.00. The van der Waals surface area contributed by atoms with Gasteiger partial charge in [-0.15, -0.1) is 5.92 Å². The molecule has 1 radical (unpaired) electrons. The van der Waals surface area contributed by atoms with E-state index in [1.54, 1.807) is 0 Å². The molecule has 0 spiro atoms. The van der Waals surface area contributed by atoms with Gasteiger partial charge in [0, 0.05) is 22.9 Å². The van der Waals surface area contributed by atoms with Gasteiger partial charge in [0.15, 0.2) is 0 Å². The molecule has 16 atom stereocenters. The van der Waals surface area contributed by atoms with Crippen molar-refractivity contribution in [3.8, 4) is 0 Å². The molecule has 9 fully saturated rings. The van der Waals surface area contributed by atoms with Gasteiger partial charge in [-0.05, 0) is 80.0 Å². The SMILES string of the molecule is [CH-]1CCCC2C3NC(NC4NC(NC5NC(NC6NC(N3)C3CCCCC63)C3CCCCC53)C3CCCCC43)C12.[Co].[O]=[Fe+]. The number of nitrogens with one attached hydrogen (secondary N) is 8. The van der Waals surface area contributed by atoms with Crippen molar-refractivity contribution < 1.29 is 36.6 Å². The van der Waals surface area contributed by atoms with Crippen molar-refractivity contribution in [1.82, 2.24) is 42.5 Å². The normalized spacial score (nSPS) is 53.7. The first-order chi connectivity index (χ1) is 20.8. The number of rotatable bonds is 0. The van der Waals surface area contributed by atoms with E-state index in [9.17, 15) is 0 Å². The third-order valence-electron chi connectivity index (χ3n) is 13.6. The van der Waals surface area contributed by atoms with Crippen LogP contribution in [0.25, 0.3) is 0 Å². The topological polar surface area (TPSA) is 113 Å². The Hall–Kier alpha value is 0.506. The second-order valence-corrected chi connectivity index (χ2v) is 15.4. The fourth-order valence-corrected chi connectivity index (χ4v) is 11.7. The van der Waals surface area contributed by atoms with E-state index >= 15 is 0 Å². The molecule has 9 aliphatic rings. The summed E-state index contributed by atoms with van der Waals surface area (Å²) >= 11 is 2.00. The monoisotopic (exact) mass is 682 g/mol. The molecule has 0 amide bonds. The second-order valence-electron chi connectivity index (χ2n) is 15.4. The fraction of sp³-hybridized carbons (Fsp3) is 0.969. The molecule has 246 valence electrons. The van der Waals surface area contributed by atoms with Crippen molar-refractivity contribution in [2.24, 2.45) is 47.3 Å². The minimum atomic E-state index is 0. The minimum absolute atomic E-state index is 0. The molecule has 5 heterocycles. The predicted molar refractivity (Wildman–Crippen MR) is 158 cm³/mol. The van der Waals surface area contributed by atoms with Gasteiger partial charge in [-0.3, -0.25) is 42.5 Å². The Balaban J connectivity index is 0.000000981. The number of hydrogen-bond donors (Lipinski definition) is 8. The summed E-state index contributed by atoms with van der Waals surface area (Å²) in [7, 11) is 0. The van der Waals surface area contributed by atoms with Gasteiger partial charge in [-0.25, -0.2) is 0 Å². The summed E-state index contributed by atoms with van der Waals surface area (Å²) in [5, 5.41) is 33.7. The summed E-state index contributed by atoms with van der Waals surface area (Å²) in [6, 6.07) is 0. The molecule has 0 aromatic heterocycles. The van der Waals surface area contributed by atoms with Gasteiger partial charge in [-0.2, -0.15) is 6.42 Å². The molecular formula is C32H55CoFeN8O. The van der Waals surface area contributed by atoms with Crippen molar-refractivity contribution in [3.05, 3.63) is 6.42 Å². The van der Waals surface area contributed by atoms with Gasteiger partial charge in [0.2, 0.25) is 0 Å². The zero-order valence-electron chi connectivity index (χ0n) is 25.5. The molecule has 9 nitrogen and oxygen atoms in total. The van der Waals surface area contributed by atoms with Crippen LogP contribution in [0.2, 0.25) is 0 Å². The van der Waals surface area contributed by atoms with Gasteiger partial charge >= 0.3 is 19.8 Å². The summed E-state index contributed by atoms with van der Waals surface area (Å²) in [5.41, 5.74) is 0. The van der Waals surface area contributed by atoms with Gasteiger partial charge in [0.05, 0.1) is 43.2 Å². The van der Waals surface area contributed by atoms with E-state index in [0.717, 1.165) is 35.5 Å². The van der Waals surface area contributed by atoms with E-state index < -0.39 is 0 Å². The van der Waals surface area contributed by atoms with E-state index in [1.807, 2.05) is 15.9 Å². The van der Waals surface area contributed by atoms with Gasteiger partial charge in [0.1, 0.15) is 0 Å². The van der Waals surface area contributed by atoms with E-state index in [-0.39, 0.29) is 16.8 Å². The van der Waals surface area contributed by atoms with Crippen LogP contribution in [0.4, 0.5) is 0 Å². The van der Waals surface area contributed by atoms with Crippen molar-refractivity contribution in [1.29, 1.82) is 0 Å². The first-order valence-corrected chi connectivity index (χ1v) is 18.3. The van der Waals surface area contributed by atoms with E-state index in [1.165, 1.54) is 96.3 Å². The van der Waals surface area contributed by atoms with Crippen LogP contribution in [0.5, 0.6) is 0 Å². The second kappa shape index (κ2) is 13.9. The zero-order chi connectivity index (χ0) is 28.2. The number of fused-ring (bicyclic) bond motifs is 20. The summed E-state index contributed by atoms with van der Waals surface area (Å²) < 4.78 is 8.00. The Morgan fingerprint density at radius 2 is 0.628 bits per heavy atom. The molecule has 5 aliphatic heterocycles. The zero-order valence-corrected chi connectivity index (χ0v) is 27.7. The number of hydrogen-bond acceptors (Lipinski definition) is 9. The molecule has 8 N–H and O–H groups in total. The Morgan fingerprint density at radius 3 is 0.953 bits per heavy atom. The molecule has 8 bridgehead atoms. The molecule has 9 rings (SSSR count). The van der Waals surface area contributed by atoms with E-state index in [4.69, 9.17) is 3.83 Å². The average Bonchev–Trinajstić information content (AvgIpc) is 3.78. The van der Waals surface area contributed by atoms with Gasteiger partial charge in [0.25, 0.3) is 0 Å². The van der Waals surface area contributed by atoms with Gasteiger partial charge in [-0.1, -0.05) is 51.4 Å². The Bertz CT molecular complexity index is 745. The summed E-state index contributed by atoms with van der Waals surface area (Å²) in [6.07, 6.45) is 26.4. The Labute approximate surface area is 277 Å². The van der Waals surface area contributed by atoms with Crippen molar-refractivity contribution in [2.75, 3.05) is 0 Å². The third kappa shape index (κ3) is 5.92. The molecule has 0 aromatic rings. The van der Waals surface area contributed by atoms with Crippen LogP contribution in [-0.4, -0.2) is 49.3 Å². The summed E-state index contributed by atoms with van der Waals surface area (Å²) in [6.45, 7) is 0. The van der Waals surface area contributed by atoms with Gasteiger partial charge < -0.3 is 6.42 Å². The van der Waals surface area contributed by atoms with Crippen LogP contribution >= 0.6 is 0 Å². The Kier molecular flexibility index (Phi) is 10.4. The van der Waals surface area contributed by atoms with E-state index in [2.05, 4.69) is 49.0 Å². The maximum absolute atomic E-state index is 8.00. The van der Waals surface area contributed by atoms with Crippen LogP contribution < -0.4 is 42.5 Å².